The molecule has 0 amide bonds. The fraction of sp³-hybridized carbons (Fsp3) is 0.0476. The Hall–Kier alpha value is -3.18. The summed E-state index contributed by atoms with van der Waals surface area (Å²) in [6.45, 7) is 0. The number of carbonyl (C=O) groups excluding carboxylic acids is 1. The number of methoxy groups -OCH3 is 1. The van der Waals surface area contributed by atoms with Gasteiger partial charge in [-0.1, -0.05) is 18.2 Å². The summed E-state index contributed by atoms with van der Waals surface area (Å²) in [5.41, 5.74) is 1.38. The SMILES string of the molecule is COc1ccc2cc(C(=O)/C=C/c3csc(-c4ccco4)n3)ccc2c1. The van der Waals surface area contributed by atoms with Crippen LogP contribution in [0, 0.1) is 0 Å². The molecule has 0 atom stereocenters. The number of fused-ring (bicyclic) bond motifs is 1. The van der Waals surface area contributed by atoms with Gasteiger partial charge in [0.2, 0.25) is 0 Å². The fourth-order valence-electron chi connectivity index (χ4n) is 2.64. The first kappa shape index (κ1) is 16.3. The number of ether oxygens (including phenoxy) is 1. The number of ketones is 1. The van der Waals surface area contributed by atoms with E-state index in [1.54, 1.807) is 25.5 Å². The molecule has 0 unspecified atom stereocenters. The van der Waals surface area contributed by atoms with Gasteiger partial charge >= 0.3 is 0 Å². The molecule has 4 rings (SSSR count). The third kappa shape index (κ3) is 3.30. The monoisotopic (exact) mass is 361 g/mol. The number of rotatable bonds is 5. The molecule has 2 heterocycles. The maximum absolute atomic E-state index is 12.5. The molecule has 128 valence electrons. The van der Waals surface area contributed by atoms with Gasteiger partial charge in [-0.25, -0.2) is 4.98 Å². The van der Waals surface area contributed by atoms with E-state index in [1.165, 1.54) is 11.3 Å². The molecule has 0 aliphatic rings. The van der Waals surface area contributed by atoms with Gasteiger partial charge in [0.05, 0.1) is 19.1 Å². The van der Waals surface area contributed by atoms with Crippen molar-refractivity contribution in [1.82, 2.24) is 4.98 Å². The van der Waals surface area contributed by atoms with Crippen LogP contribution in [0.4, 0.5) is 0 Å². The molecule has 2 aromatic heterocycles. The molecular formula is C21H15NO3S. The average molecular weight is 361 g/mol. The standard InChI is InChI=1S/C21H15NO3S/c1-24-18-8-6-14-11-16(5-4-15(14)12-18)19(23)9-7-17-13-26-21(22-17)20-3-2-10-25-20/h2-13H,1H3/b9-7+. The highest BCUT2D eigenvalue weighted by Crippen LogP contribution is 2.25. The summed E-state index contributed by atoms with van der Waals surface area (Å²) >= 11 is 1.48. The molecule has 0 fully saturated rings. The van der Waals surface area contributed by atoms with E-state index in [0.717, 1.165) is 33.0 Å². The van der Waals surface area contributed by atoms with E-state index < -0.39 is 0 Å². The molecule has 4 nitrogen and oxygen atoms in total. The van der Waals surface area contributed by atoms with E-state index >= 15 is 0 Å². The maximum atomic E-state index is 12.5. The average Bonchev–Trinajstić information content (AvgIpc) is 3.36. The van der Waals surface area contributed by atoms with Crippen LogP contribution in [-0.4, -0.2) is 17.9 Å². The van der Waals surface area contributed by atoms with Crippen LogP contribution in [0.5, 0.6) is 5.75 Å². The Bertz CT molecular complexity index is 1090. The number of thiazole rings is 1. The summed E-state index contributed by atoms with van der Waals surface area (Å²) in [4.78, 5) is 16.9. The Kier molecular flexibility index (Phi) is 4.37. The lowest BCUT2D eigenvalue weighted by molar-refractivity contribution is 0.104. The highest BCUT2D eigenvalue weighted by atomic mass is 32.1. The Morgan fingerprint density at radius 1 is 1.15 bits per heavy atom. The summed E-state index contributed by atoms with van der Waals surface area (Å²) in [5, 5.41) is 4.72. The van der Waals surface area contributed by atoms with Gasteiger partial charge in [0.15, 0.2) is 16.6 Å². The van der Waals surface area contributed by atoms with Gasteiger partial charge in [0, 0.05) is 10.9 Å². The van der Waals surface area contributed by atoms with Crippen LogP contribution in [0.1, 0.15) is 16.1 Å². The number of aromatic nitrogens is 1. The van der Waals surface area contributed by atoms with E-state index in [1.807, 2.05) is 53.9 Å². The number of carbonyl (C=O) groups is 1. The third-order valence-corrected chi connectivity index (χ3v) is 4.87. The van der Waals surface area contributed by atoms with Crippen LogP contribution in [0.25, 0.3) is 27.6 Å². The summed E-state index contributed by atoms with van der Waals surface area (Å²) in [6.07, 6.45) is 4.89. The second-order valence-electron chi connectivity index (χ2n) is 5.68. The topological polar surface area (TPSA) is 52.3 Å². The Morgan fingerprint density at radius 3 is 2.81 bits per heavy atom. The zero-order valence-electron chi connectivity index (χ0n) is 14.0. The molecule has 5 heteroatoms. The summed E-state index contributed by atoms with van der Waals surface area (Å²) in [6, 6.07) is 15.1. The van der Waals surface area contributed by atoms with Gasteiger partial charge in [0.1, 0.15) is 5.75 Å². The molecule has 0 aliphatic heterocycles. The molecule has 0 radical (unpaired) electrons. The Balaban J connectivity index is 1.54. The molecule has 0 N–H and O–H groups in total. The van der Waals surface area contributed by atoms with Crippen molar-refractivity contribution in [2.75, 3.05) is 7.11 Å². The second-order valence-corrected chi connectivity index (χ2v) is 6.54. The third-order valence-electron chi connectivity index (χ3n) is 3.99. The first-order chi connectivity index (χ1) is 12.7. The van der Waals surface area contributed by atoms with Gasteiger partial charge in [-0.15, -0.1) is 11.3 Å². The van der Waals surface area contributed by atoms with Crippen molar-refractivity contribution in [1.29, 1.82) is 0 Å². The summed E-state index contributed by atoms with van der Waals surface area (Å²) in [7, 11) is 1.64. The van der Waals surface area contributed by atoms with Crippen LogP contribution < -0.4 is 4.74 Å². The molecule has 4 aromatic rings. The normalized spacial score (nSPS) is 11.3. The lowest BCUT2D eigenvalue weighted by Gasteiger charge is -2.04. The smallest absolute Gasteiger partial charge is 0.185 e. The number of hydrogen-bond acceptors (Lipinski definition) is 5. The lowest BCUT2D eigenvalue weighted by Crippen LogP contribution is -1.94. The van der Waals surface area contributed by atoms with Gasteiger partial charge in [-0.05, 0) is 53.3 Å². The minimum absolute atomic E-state index is 0.0599. The lowest BCUT2D eigenvalue weighted by atomic mass is 10.0. The van der Waals surface area contributed by atoms with E-state index in [-0.39, 0.29) is 5.78 Å². The predicted molar refractivity (Wildman–Crippen MR) is 104 cm³/mol. The molecule has 0 spiro atoms. The van der Waals surface area contributed by atoms with E-state index in [4.69, 9.17) is 9.15 Å². The van der Waals surface area contributed by atoms with Crippen molar-refractivity contribution in [3.8, 4) is 16.5 Å². The Morgan fingerprint density at radius 2 is 2.00 bits per heavy atom. The first-order valence-electron chi connectivity index (χ1n) is 8.02. The predicted octanol–water partition coefficient (Wildman–Crippen LogP) is 5.46. The highest BCUT2D eigenvalue weighted by Gasteiger charge is 2.07. The quantitative estimate of drug-likeness (QED) is 0.350. The van der Waals surface area contributed by atoms with Crippen molar-refractivity contribution in [3.63, 3.8) is 0 Å². The van der Waals surface area contributed by atoms with Crippen LogP contribution in [-0.2, 0) is 0 Å². The summed E-state index contributed by atoms with van der Waals surface area (Å²) < 4.78 is 10.6. The zero-order chi connectivity index (χ0) is 17.9. The molecule has 26 heavy (non-hydrogen) atoms. The fourth-order valence-corrected chi connectivity index (χ4v) is 3.39. The van der Waals surface area contributed by atoms with Gasteiger partial charge in [-0.3, -0.25) is 4.79 Å². The molecule has 0 bridgehead atoms. The zero-order valence-corrected chi connectivity index (χ0v) is 14.8. The number of benzene rings is 2. The van der Waals surface area contributed by atoms with Crippen LogP contribution in [0.3, 0.4) is 0 Å². The maximum Gasteiger partial charge on any atom is 0.185 e. The van der Waals surface area contributed by atoms with Gasteiger partial charge in [0.25, 0.3) is 0 Å². The van der Waals surface area contributed by atoms with Gasteiger partial charge < -0.3 is 9.15 Å². The first-order valence-corrected chi connectivity index (χ1v) is 8.90. The van der Waals surface area contributed by atoms with Crippen molar-refractivity contribution >= 4 is 34.0 Å². The van der Waals surface area contributed by atoms with E-state index in [2.05, 4.69) is 4.98 Å². The molecule has 2 aromatic carbocycles. The van der Waals surface area contributed by atoms with Crippen molar-refractivity contribution in [3.05, 3.63) is 77.5 Å². The molecule has 0 saturated heterocycles. The Labute approximate surface area is 154 Å². The van der Waals surface area contributed by atoms with E-state index in [0.29, 0.717) is 5.56 Å². The van der Waals surface area contributed by atoms with Crippen LogP contribution >= 0.6 is 11.3 Å². The molecular weight excluding hydrogens is 346 g/mol. The van der Waals surface area contributed by atoms with E-state index in [9.17, 15) is 4.79 Å². The van der Waals surface area contributed by atoms with Crippen molar-refractivity contribution < 1.29 is 13.9 Å². The molecule has 0 aliphatic carbocycles. The number of hydrogen-bond donors (Lipinski definition) is 0. The van der Waals surface area contributed by atoms with Crippen LogP contribution in [0.2, 0.25) is 0 Å². The van der Waals surface area contributed by atoms with Crippen molar-refractivity contribution in [2.45, 2.75) is 0 Å². The minimum Gasteiger partial charge on any atom is -0.497 e. The number of furan rings is 1. The van der Waals surface area contributed by atoms with Gasteiger partial charge in [-0.2, -0.15) is 0 Å². The van der Waals surface area contributed by atoms with Crippen molar-refractivity contribution in [2.24, 2.45) is 0 Å². The highest BCUT2D eigenvalue weighted by molar-refractivity contribution is 7.13. The summed E-state index contributed by atoms with van der Waals surface area (Å²) in [5.74, 6) is 1.47. The molecule has 0 saturated carbocycles. The second kappa shape index (κ2) is 6.98. The number of nitrogens with zero attached hydrogens (tertiary/aromatic N) is 1. The van der Waals surface area contributed by atoms with Crippen LogP contribution in [0.15, 0.2) is 70.7 Å². The largest absolute Gasteiger partial charge is 0.497 e. The minimum atomic E-state index is -0.0599. The number of allylic oxidation sites excluding steroid dienone is 1.